The van der Waals surface area contributed by atoms with Gasteiger partial charge in [-0.05, 0) is 44.1 Å². The standard InChI is InChI=1S/C20H21N3OS2/c1-2-7-23(8-3-1)11-15-9-16-19-17(24-12-14-10-21-13-22-14)5-4-6-18(19)26-20(16)25-15/h4-6,9-10,13H,1-3,7-8,11-12H2,(H,21,22). The first-order chi connectivity index (χ1) is 12.9. The van der Waals surface area contributed by atoms with Crippen molar-refractivity contribution in [3.63, 3.8) is 0 Å². The van der Waals surface area contributed by atoms with Crippen molar-refractivity contribution < 1.29 is 4.74 Å². The number of benzene rings is 1. The van der Waals surface area contributed by atoms with Crippen molar-refractivity contribution in [2.75, 3.05) is 13.1 Å². The monoisotopic (exact) mass is 383 g/mol. The molecule has 0 atom stereocenters. The fourth-order valence-corrected chi connectivity index (χ4v) is 6.31. The molecule has 1 fully saturated rings. The Kier molecular flexibility index (Phi) is 4.40. The fraction of sp³-hybridized carbons (Fsp3) is 0.350. The molecular formula is C20H21N3OS2. The molecule has 1 saturated heterocycles. The van der Waals surface area contributed by atoms with E-state index in [1.165, 1.54) is 56.7 Å². The number of nitrogens with one attached hydrogen (secondary N) is 1. The van der Waals surface area contributed by atoms with E-state index in [1.807, 2.05) is 28.9 Å². The third kappa shape index (κ3) is 3.13. The first kappa shape index (κ1) is 16.3. The predicted octanol–water partition coefficient (Wildman–Crippen LogP) is 5.40. The van der Waals surface area contributed by atoms with Crippen LogP contribution in [0, 0.1) is 0 Å². The average molecular weight is 384 g/mol. The lowest BCUT2D eigenvalue weighted by molar-refractivity contribution is 0.223. The summed E-state index contributed by atoms with van der Waals surface area (Å²) in [6, 6.07) is 8.74. The molecule has 1 aliphatic rings. The van der Waals surface area contributed by atoms with Crippen molar-refractivity contribution in [2.45, 2.75) is 32.4 Å². The van der Waals surface area contributed by atoms with E-state index >= 15 is 0 Å². The van der Waals surface area contributed by atoms with Crippen molar-refractivity contribution in [1.29, 1.82) is 0 Å². The quantitative estimate of drug-likeness (QED) is 0.501. The van der Waals surface area contributed by atoms with E-state index in [4.69, 9.17) is 4.74 Å². The first-order valence-corrected chi connectivity index (χ1v) is 10.8. The molecule has 0 aliphatic carbocycles. The molecule has 0 saturated carbocycles. The van der Waals surface area contributed by atoms with Gasteiger partial charge in [-0.2, -0.15) is 0 Å². The summed E-state index contributed by atoms with van der Waals surface area (Å²) in [6.45, 7) is 4.08. The Hall–Kier alpha value is -1.89. The number of hydrogen-bond acceptors (Lipinski definition) is 5. The van der Waals surface area contributed by atoms with Gasteiger partial charge in [0, 0.05) is 26.9 Å². The Balaban J connectivity index is 1.45. The van der Waals surface area contributed by atoms with Gasteiger partial charge >= 0.3 is 0 Å². The zero-order valence-corrected chi connectivity index (χ0v) is 16.2. The minimum absolute atomic E-state index is 0.515. The zero-order chi connectivity index (χ0) is 17.3. The van der Waals surface area contributed by atoms with Crippen LogP contribution in [0.2, 0.25) is 0 Å². The van der Waals surface area contributed by atoms with Crippen LogP contribution in [0.1, 0.15) is 29.8 Å². The third-order valence-corrected chi connectivity index (χ3v) is 7.36. The van der Waals surface area contributed by atoms with Crippen molar-refractivity contribution in [3.8, 4) is 5.75 Å². The summed E-state index contributed by atoms with van der Waals surface area (Å²) in [7, 11) is 0. The number of thiophene rings is 2. The summed E-state index contributed by atoms with van der Waals surface area (Å²) in [5.41, 5.74) is 0.990. The van der Waals surface area contributed by atoms with Crippen LogP contribution in [0.15, 0.2) is 36.8 Å². The Morgan fingerprint density at radius 3 is 2.92 bits per heavy atom. The van der Waals surface area contributed by atoms with E-state index in [-0.39, 0.29) is 0 Å². The molecule has 26 heavy (non-hydrogen) atoms. The minimum Gasteiger partial charge on any atom is -0.487 e. The first-order valence-electron chi connectivity index (χ1n) is 9.13. The highest BCUT2D eigenvalue weighted by molar-refractivity contribution is 7.41. The van der Waals surface area contributed by atoms with Gasteiger partial charge < -0.3 is 9.72 Å². The number of piperidine rings is 1. The maximum atomic E-state index is 6.12. The van der Waals surface area contributed by atoms with Crippen LogP contribution >= 0.6 is 22.7 Å². The number of likely N-dealkylation sites (tertiary alicyclic amines) is 1. The van der Waals surface area contributed by atoms with Crippen LogP contribution < -0.4 is 4.74 Å². The molecule has 4 aromatic rings. The topological polar surface area (TPSA) is 41.1 Å². The van der Waals surface area contributed by atoms with E-state index in [9.17, 15) is 0 Å². The molecule has 4 nitrogen and oxygen atoms in total. The number of H-pyrrole nitrogens is 1. The number of aromatic amines is 1. The Bertz CT molecular complexity index is 1010. The van der Waals surface area contributed by atoms with Crippen LogP contribution in [0.5, 0.6) is 5.75 Å². The molecule has 0 amide bonds. The molecule has 0 radical (unpaired) electrons. The van der Waals surface area contributed by atoms with Gasteiger partial charge in [-0.25, -0.2) is 4.98 Å². The summed E-state index contributed by atoms with van der Waals surface area (Å²) in [6.07, 6.45) is 7.57. The van der Waals surface area contributed by atoms with Crippen LogP contribution in [0.25, 0.3) is 19.5 Å². The second kappa shape index (κ2) is 7.02. The smallest absolute Gasteiger partial charge is 0.130 e. The number of ether oxygens (including phenoxy) is 1. The highest BCUT2D eigenvalue weighted by Gasteiger charge is 2.16. The Labute approximate surface area is 160 Å². The van der Waals surface area contributed by atoms with Gasteiger partial charge in [0.1, 0.15) is 12.4 Å². The maximum absolute atomic E-state index is 6.12. The molecule has 0 spiro atoms. The summed E-state index contributed by atoms with van der Waals surface area (Å²) in [4.78, 5) is 11.2. The summed E-state index contributed by atoms with van der Waals surface area (Å²) in [5, 5.41) is 2.61. The summed E-state index contributed by atoms with van der Waals surface area (Å²) in [5.74, 6) is 0.964. The molecule has 0 unspecified atom stereocenters. The number of rotatable bonds is 5. The van der Waals surface area contributed by atoms with E-state index in [0.717, 1.165) is 18.0 Å². The molecule has 6 heteroatoms. The Morgan fingerprint density at radius 1 is 1.15 bits per heavy atom. The van der Waals surface area contributed by atoms with Gasteiger partial charge in [0.25, 0.3) is 0 Å². The number of fused-ring (bicyclic) bond motifs is 3. The second-order valence-corrected chi connectivity index (χ2v) is 9.29. The largest absolute Gasteiger partial charge is 0.487 e. The van der Waals surface area contributed by atoms with Crippen molar-refractivity contribution in [1.82, 2.24) is 14.9 Å². The van der Waals surface area contributed by atoms with Crippen LogP contribution in [-0.4, -0.2) is 28.0 Å². The van der Waals surface area contributed by atoms with Gasteiger partial charge in [-0.1, -0.05) is 12.5 Å². The average Bonchev–Trinajstić information content (AvgIpc) is 3.37. The normalized spacial score (nSPS) is 15.8. The molecule has 4 heterocycles. The lowest BCUT2D eigenvalue weighted by atomic mass is 10.1. The zero-order valence-electron chi connectivity index (χ0n) is 14.5. The van der Waals surface area contributed by atoms with Crippen LogP contribution in [-0.2, 0) is 13.2 Å². The van der Waals surface area contributed by atoms with Crippen molar-refractivity contribution in [3.05, 3.63) is 47.4 Å². The number of nitrogens with zero attached hydrogens (tertiary/aromatic N) is 2. The highest BCUT2D eigenvalue weighted by Crippen LogP contribution is 2.43. The summed E-state index contributed by atoms with van der Waals surface area (Å²) >= 11 is 3.83. The van der Waals surface area contributed by atoms with Gasteiger partial charge in [0.2, 0.25) is 0 Å². The fourth-order valence-electron chi connectivity index (χ4n) is 3.69. The Morgan fingerprint density at radius 2 is 2.08 bits per heavy atom. The molecule has 1 aliphatic heterocycles. The number of hydrogen-bond donors (Lipinski definition) is 1. The van der Waals surface area contributed by atoms with Crippen LogP contribution in [0.3, 0.4) is 0 Å². The highest BCUT2D eigenvalue weighted by atomic mass is 32.2. The SMILES string of the molecule is c1cc(OCc2cnc[nH]2)c2c(c1)sc1sc(CN3CCCCC3)cc12. The maximum Gasteiger partial charge on any atom is 0.130 e. The summed E-state index contributed by atoms with van der Waals surface area (Å²) < 4.78 is 8.83. The number of aromatic nitrogens is 2. The molecule has 0 bridgehead atoms. The van der Waals surface area contributed by atoms with E-state index < -0.39 is 0 Å². The van der Waals surface area contributed by atoms with Gasteiger partial charge in [0.15, 0.2) is 0 Å². The van der Waals surface area contributed by atoms with Gasteiger partial charge in [-0.3, -0.25) is 4.90 Å². The lowest BCUT2D eigenvalue weighted by Gasteiger charge is -2.25. The van der Waals surface area contributed by atoms with Crippen molar-refractivity contribution in [2.24, 2.45) is 0 Å². The molecule has 1 N–H and O–H groups in total. The second-order valence-electron chi connectivity index (χ2n) is 6.85. The van der Waals surface area contributed by atoms with E-state index in [0.29, 0.717) is 6.61 Å². The molecule has 134 valence electrons. The van der Waals surface area contributed by atoms with Crippen molar-refractivity contribution >= 4 is 42.2 Å². The third-order valence-electron chi connectivity index (χ3n) is 4.98. The van der Waals surface area contributed by atoms with Gasteiger partial charge in [0.05, 0.1) is 22.2 Å². The van der Waals surface area contributed by atoms with Gasteiger partial charge in [-0.15, -0.1) is 22.7 Å². The van der Waals surface area contributed by atoms with Crippen LogP contribution in [0.4, 0.5) is 0 Å². The molecule has 1 aromatic carbocycles. The lowest BCUT2D eigenvalue weighted by Crippen LogP contribution is -2.28. The molecule has 3 aromatic heterocycles. The predicted molar refractivity (Wildman–Crippen MR) is 109 cm³/mol. The molecule has 5 rings (SSSR count). The van der Waals surface area contributed by atoms with E-state index in [1.54, 1.807) is 6.33 Å². The number of imidazole rings is 1. The minimum atomic E-state index is 0.515. The van der Waals surface area contributed by atoms with E-state index in [2.05, 4.69) is 39.1 Å². The molecular weight excluding hydrogens is 362 g/mol.